The van der Waals surface area contributed by atoms with Gasteiger partial charge in [-0.2, -0.15) is 13.2 Å². The molecule has 1 aromatic carbocycles. The Bertz CT molecular complexity index is 1050. The fourth-order valence-corrected chi connectivity index (χ4v) is 4.54. The number of nitrogens with zero attached hydrogens (tertiary/aromatic N) is 4. The summed E-state index contributed by atoms with van der Waals surface area (Å²) in [5, 5.41) is 0. The minimum atomic E-state index is -4.94. The third kappa shape index (κ3) is 11.7. The lowest BCUT2D eigenvalue weighted by atomic mass is 10.1. The molecule has 1 aromatic heterocycles. The highest BCUT2D eigenvalue weighted by Crippen LogP contribution is 2.24. The molecule has 11 heteroatoms. The molecule has 2 amide bonds. The first kappa shape index (κ1) is 34.1. The van der Waals surface area contributed by atoms with E-state index in [-0.39, 0.29) is 19.6 Å². The minimum Gasteiger partial charge on any atom is -0.444 e. The van der Waals surface area contributed by atoms with Crippen molar-refractivity contribution in [2.75, 3.05) is 26.2 Å². The van der Waals surface area contributed by atoms with Crippen LogP contribution in [0, 0.1) is 0 Å². The van der Waals surface area contributed by atoms with Gasteiger partial charge in [-0.25, -0.2) is 9.78 Å². The van der Waals surface area contributed by atoms with Crippen LogP contribution in [0.2, 0.25) is 0 Å². The molecule has 1 heterocycles. The molecule has 230 valence electrons. The first-order chi connectivity index (χ1) is 19.2. The molecule has 0 spiro atoms. The van der Waals surface area contributed by atoms with E-state index in [4.69, 9.17) is 4.74 Å². The van der Waals surface area contributed by atoms with Crippen LogP contribution in [-0.4, -0.2) is 74.6 Å². The van der Waals surface area contributed by atoms with Gasteiger partial charge in [-0.1, -0.05) is 38.1 Å². The zero-order valence-corrected chi connectivity index (χ0v) is 25.3. The highest BCUT2D eigenvalue weighted by atomic mass is 19.4. The molecule has 2 rings (SSSR count). The number of carbonyl (C=O) groups excluding carboxylic acids is 2. The predicted octanol–water partition coefficient (Wildman–Crippen LogP) is 6.70. The molecule has 0 aliphatic carbocycles. The van der Waals surface area contributed by atoms with Crippen LogP contribution in [-0.2, 0) is 22.6 Å². The Labute approximate surface area is 242 Å². The monoisotopic (exact) mass is 581 g/mol. The molecular weight excluding hydrogens is 535 g/mol. The van der Waals surface area contributed by atoms with Gasteiger partial charge in [0.25, 0.3) is 0 Å². The van der Waals surface area contributed by atoms with Crippen LogP contribution >= 0.6 is 0 Å². The van der Waals surface area contributed by atoms with E-state index in [1.165, 1.54) is 0 Å². The molecule has 0 radical (unpaired) electrons. The number of carbonyl (C=O) groups is 2. The minimum absolute atomic E-state index is 0.0271. The van der Waals surface area contributed by atoms with Gasteiger partial charge in [-0.15, -0.1) is 0 Å². The Morgan fingerprint density at radius 2 is 1.49 bits per heavy atom. The molecule has 8 nitrogen and oxygen atoms in total. The van der Waals surface area contributed by atoms with Crippen molar-refractivity contribution in [3.63, 3.8) is 0 Å². The van der Waals surface area contributed by atoms with E-state index in [2.05, 4.69) is 28.7 Å². The highest BCUT2D eigenvalue weighted by Gasteiger charge is 2.42. The molecule has 0 saturated heterocycles. The molecule has 2 aromatic rings. The Morgan fingerprint density at radius 1 is 0.927 bits per heavy atom. The standard InChI is InChI=1S/C30H46F3N5O3/c1-7-17-36(18-8-2)19-9-10-20-37(27(39)30(31,32)33)21-24-11-13-25(14-12-24)22-38(28(40)41-29(4,5)6)23(3)26-34-15-16-35-26/h11-16,23H,7-10,17-22H2,1-6H3,(H,34,35). The molecule has 1 atom stereocenters. The van der Waals surface area contributed by atoms with Crippen molar-refractivity contribution in [1.82, 2.24) is 24.7 Å². The van der Waals surface area contributed by atoms with E-state index in [9.17, 15) is 22.8 Å². The Balaban J connectivity index is 2.11. The van der Waals surface area contributed by atoms with E-state index in [1.54, 1.807) is 62.3 Å². The van der Waals surface area contributed by atoms with Gasteiger partial charge in [0.1, 0.15) is 11.4 Å². The maximum Gasteiger partial charge on any atom is 0.471 e. The van der Waals surface area contributed by atoms with Gasteiger partial charge in [0.05, 0.1) is 6.04 Å². The van der Waals surface area contributed by atoms with Gasteiger partial charge < -0.3 is 19.5 Å². The molecule has 0 saturated carbocycles. The van der Waals surface area contributed by atoms with Crippen LogP contribution in [0.3, 0.4) is 0 Å². The number of alkyl halides is 3. The first-order valence-electron chi connectivity index (χ1n) is 14.4. The lowest BCUT2D eigenvalue weighted by Crippen LogP contribution is -2.41. The van der Waals surface area contributed by atoms with Crippen molar-refractivity contribution < 1.29 is 27.5 Å². The number of nitrogens with one attached hydrogen (secondary N) is 1. The number of hydrogen-bond donors (Lipinski definition) is 1. The van der Waals surface area contributed by atoms with Crippen LogP contribution in [0.4, 0.5) is 18.0 Å². The number of aromatic nitrogens is 2. The third-order valence-electron chi connectivity index (χ3n) is 6.52. The number of ether oxygens (including phenoxy) is 1. The molecule has 41 heavy (non-hydrogen) atoms. The zero-order valence-electron chi connectivity index (χ0n) is 25.3. The van der Waals surface area contributed by atoms with Gasteiger partial charge in [0.15, 0.2) is 0 Å². The van der Waals surface area contributed by atoms with Gasteiger partial charge in [0.2, 0.25) is 0 Å². The molecule has 0 aliphatic heterocycles. The summed E-state index contributed by atoms with van der Waals surface area (Å²) < 4.78 is 45.7. The van der Waals surface area contributed by atoms with Gasteiger partial charge in [-0.3, -0.25) is 9.69 Å². The second kappa shape index (κ2) is 15.8. The van der Waals surface area contributed by atoms with E-state index < -0.39 is 29.8 Å². The lowest BCUT2D eigenvalue weighted by molar-refractivity contribution is -0.186. The van der Waals surface area contributed by atoms with Crippen molar-refractivity contribution >= 4 is 12.0 Å². The van der Waals surface area contributed by atoms with Crippen LogP contribution in [0.25, 0.3) is 0 Å². The summed E-state index contributed by atoms with van der Waals surface area (Å²) in [6.07, 6.45) is 1.07. The number of imidazole rings is 1. The van der Waals surface area contributed by atoms with E-state index >= 15 is 0 Å². The summed E-state index contributed by atoms with van der Waals surface area (Å²) >= 11 is 0. The average Bonchev–Trinajstić information content (AvgIpc) is 3.43. The van der Waals surface area contributed by atoms with Crippen LogP contribution < -0.4 is 0 Å². The van der Waals surface area contributed by atoms with Crippen molar-refractivity contribution in [3.05, 3.63) is 53.6 Å². The number of rotatable bonds is 15. The fraction of sp³-hybridized carbons (Fsp3) is 0.633. The third-order valence-corrected chi connectivity index (χ3v) is 6.52. The fourth-order valence-electron chi connectivity index (χ4n) is 4.54. The number of hydrogen-bond acceptors (Lipinski definition) is 5. The topological polar surface area (TPSA) is 81.8 Å². The average molecular weight is 582 g/mol. The number of halogens is 3. The predicted molar refractivity (Wildman–Crippen MR) is 153 cm³/mol. The second-order valence-electron chi connectivity index (χ2n) is 11.3. The molecule has 0 fully saturated rings. The summed E-state index contributed by atoms with van der Waals surface area (Å²) in [7, 11) is 0. The number of aromatic amines is 1. The zero-order chi connectivity index (χ0) is 30.6. The smallest absolute Gasteiger partial charge is 0.444 e. The summed E-state index contributed by atoms with van der Waals surface area (Å²) in [6, 6.07) is 6.49. The maximum absolute atomic E-state index is 13.4. The Kier molecular flexibility index (Phi) is 13.1. The normalized spacial score (nSPS) is 12.8. The molecule has 1 N–H and O–H groups in total. The Morgan fingerprint density at radius 3 is 1.98 bits per heavy atom. The molecule has 0 aliphatic rings. The summed E-state index contributed by atoms with van der Waals surface area (Å²) in [5.74, 6) is -1.23. The van der Waals surface area contributed by atoms with Gasteiger partial charge >= 0.3 is 18.2 Å². The van der Waals surface area contributed by atoms with Crippen LogP contribution in [0.15, 0.2) is 36.7 Å². The first-order valence-corrected chi connectivity index (χ1v) is 14.4. The number of unbranched alkanes of at least 4 members (excludes halogenated alkanes) is 1. The largest absolute Gasteiger partial charge is 0.471 e. The van der Waals surface area contributed by atoms with Crippen LogP contribution in [0.1, 0.15) is 90.2 Å². The Hall–Kier alpha value is -3.08. The van der Waals surface area contributed by atoms with Crippen molar-refractivity contribution in [3.8, 4) is 0 Å². The van der Waals surface area contributed by atoms with Crippen molar-refractivity contribution in [2.45, 2.75) is 98.1 Å². The van der Waals surface area contributed by atoms with Crippen LogP contribution in [0.5, 0.6) is 0 Å². The SMILES string of the molecule is CCCN(CCC)CCCCN(Cc1ccc(CN(C(=O)OC(C)(C)C)C(C)c2ncc[nH]2)cc1)C(=O)C(F)(F)F. The van der Waals surface area contributed by atoms with E-state index in [1.807, 2.05) is 6.92 Å². The second-order valence-corrected chi connectivity index (χ2v) is 11.3. The quantitative estimate of drug-likeness (QED) is 0.237. The van der Waals surface area contributed by atoms with Gasteiger partial charge in [0, 0.05) is 32.0 Å². The molecule has 0 bridgehead atoms. The number of benzene rings is 1. The highest BCUT2D eigenvalue weighted by molar-refractivity contribution is 5.81. The van der Waals surface area contributed by atoms with Crippen molar-refractivity contribution in [2.24, 2.45) is 0 Å². The van der Waals surface area contributed by atoms with Crippen molar-refractivity contribution in [1.29, 1.82) is 0 Å². The maximum atomic E-state index is 13.4. The number of amides is 2. The van der Waals surface area contributed by atoms with Gasteiger partial charge in [-0.05, 0) is 84.1 Å². The molecule has 1 unspecified atom stereocenters. The van der Waals surface area contributed by atoms with E-state index in [0.29, 0.717) is 17.8 Å². The summed E-state index contributed by atoms with van der Waals surface area (Å²) in [5.41, 5.74) is 0.646. The van der Waals surface area contributed by atoms with E-state index in [0.717, 1.165) is 49.4 Å². The number of H-pyrrole nitrogens is 1. The lowest BCUT2D eigenvalue weighted by Gasteiger charge is -2.31. The summed E-state index contributed by atoms with van der Waals surface area (Å²) in [4.78, 5) is 37.3. The molecular formula is C30H46F3N5O3. The summed E-state index contributed by atoms with van der Waals surface area (Å²) in [6.45, 7) is 14.2.